The van der Waals surface area contributed by atoms with E-state index >= 15 is 0 Å². The molecule has 0 aromatic rings. The summed E-state index contributed by atoms with van der Waals surface area (Å²) in [7, 11) is 3.04. The summed E-state index contributed by atoms with van der Waals surface area (Å²) in [5.41, 5.74) is 0. The smallest absolute Gasteiger partial charge is 0.246 e. The lowest BCUT2D eigenvalue weighted by Gasteiger charge is -2.11. The first kappa shape index (κ1) is 14.6. The Bertz CT molecular complexity index is 332. The van der Waals surface area contributed by atoms with Crippen LogP contribution in [-0.2, 0) is 19.1 Å². The van der Waals surface area contributed by atoms with Gasteiger partial charge in [0.1, 0.15) is 0 Å². The van der Waals surface area contributed by atoms with Crippen molar-refractivity contribution in [3.8, 4) is 0 Å². The normalized spacial score (nSPS) is 19.4. The topological polar surface area (TPSA) is 87.7 Å². The van der Waals surface area contributed by atoms with Gasteiger partial charge < -0.3 is 10.1 Å². The van der Waals surface area contributed by atoms with E-state index in [1.54, 1.807) is 7.11 Å². The molecule has 1 saturated heterocycles. The second-order valence-corrected chi connectivity index (χ2v) is 4.12. The van der Waals surface area contributed by atoms with Crippen molar-refractivity contribution >= 4 is 17.7 Å². The maximum atomic E-state index is 11.5. The maximum absolute atomic E-state index is 11.5. The second-order valence-electron chi connectivity index (χ2n) is 4.12. The Balaban J connectivity index is 2.19. The maximum Gasteiger partial charge on any atom is 0.246 e. The number of likely N-dealkylation sites (N-methyl/N-ethyl adjacent to an activating group) is 1. The van der Waals surface area contributed by atoms with Crippen molar-refractivity contribution in [2.75, 3.05) is 33.9 Å². The van der Waals surface area contributed by atoms with E-state index in [9.17, 15) is 14.4 Å². The molecule has 0 aliphatic carbocycles. The van der Waals surface area contributed by atoms with Gasteiger partial charge in [0.05, 0.1) is 19.0 Å². The minimum Gasteiger partial charge on any atom is -0.385 e. The largest absolute Gasteiger partial charge is 0.385 e. The highest BCUT2D eigenvalue weighted by Gasteiger charge is 2.35. The molecular formula is C11H19N3O4. The molecule has 1 rings (SSSR count). The fraction of sp³-hybridized carbons (Fsp3) is 0.727. The molecule has 18 heavy (non-hydrogen) atoms. The average Bonchev–Trinajstić information content (AvgIpc) is 2.60. The number of hydrogen-bond acceptors (Lipinski definition) is 5. The Morgan fingerprint density at radius 1 is 1.50 bits per heavy atom. The van der Waals surface area contributed by atoms with E-state index in [1.807, 2.05) is 0 Å². The summed E-state index contributed by atoms with van der Waals surface area (Å²) in [5, 5.41) is 5.46. The van der Waals surface area contributed by atoms with Crippen LogP contribution in [0.2, 0.25) is 0 Å². The Kier molecular flexibility index (Phi) is 5.73. The molecule has 1 fully saturated rings. The SMILES string of the molecule is COCCCNC(=O)CNC1CC(=O)N(C)C1=O. The zero-order chi connectivity index (χ0) is 13.5. The highest BCUT2D eigenvalue weighted by atomic mass is 16.5. The highest BCUT2D eigenvalue weighted by Crippen LogP contribution is 2.09. The van der Waals surface area contributed by atoms with Gasteiger partial charge in [-0.3, -0.25) is 24.6 Å². The monoisotopic (exact) mass is 257 g/mol. The summed E-state index contributed by atoms with van der Waals surface area (Å²) < 4.78 is 4.85. The Labute approximate surface area is 106 Å². The van der Waals surface area contributed by atoms with Crippen molar-refractivity contribution < 1.29 is 19.1 Å². The average molecular weight is 257 g/mol. The van der Waals surface area contributed by atoms with Crippen LogP contribution in [0, 0.1) is 0 Å². The highest BCUT2D eigenvalue weighted by molar-refractivity contribution is 6.05. The predicted molar refractivity (Wildman–Crippen MR) is 63.7 cm³/mol. The molecule has 3 amide bonds. The van der Waals surface area contributed by atoms with E-state index in [0.29, 0.717) is 13.2 Å². The Hall–Kier alpha value is -1.47. The van der Waals surface area contributed by atoms with Crippen molar-refractivity contribution in [3.05, 3.63) is 0 Å². The number of carbonyl (C=O) groups is 3. The van der Waals surface area contributed by atoms with Gasteiger partial charge in [0.15, 0.2) is 0 Å². The third-order valence-corrected chi connectivity index (χ3v) is 2.74. The van der Waals surface area contributed by atoms with Crippen molar-refractivity contribution in [2.45, 2.75) is 18.9 Å². The van der Waals surface area contributed by atoms with Crippen LogP contribution in [0.5, 0.6) is 0 Å². The first-order valence-corrected chi connectivity index (χ1v) is 5.85. The van der Waals surface area contributed by atoms with Crippen LogP contribution < -0.4 is 10.6 Å². The van der Waals surface area contributed by atoms with E-state index in [1.165, 1.54) is 7.05 Å². The van der Waals surface area contributed by atoms with Crippen LogP contribution in [0.3, 0.4) is 0 Å². The lowest BCUT2D eigenvalue weighted by molar-refractivity contribution is -0.137. The zero-order valence-electron chi connectivity index (χ0n) is 10.7. The summed E-state index contributed by atoms with van der Waals surface area (Å²) in [6.45, 7) is 1.16. The van der Waals surface area contributed by atoms with Gasteiger partial charge in [-0.25, -0.2) is 0 Å². The summed E-state index contributed by atoms with van der Waals surface area (Å²) in [6, 6.07) is -0.577. The predicted octanol–water partition coefficient (Wildman–Crippen LogP) is -1.51. The van der Waals surface area contributed by atoms with Crippen molar-refractivity contribution in [3.63, 3.8) is 0 Å². The number of likely N-dealkylation sites (tertiary alicyclic amines) is 1. The number of amides is 3. The van der Waals surface area contributed by atoms with E-state index in [0.717, 1.165) is 11.3 Å². The zero-order valence-corrected chi connectivity index (χ0v) is 10.7. The van der Waals surface area contributed by atoms with E-state index in [2.05, 4.69) is 10.6 Å². The Morgan fingerprint density at radius 3 is 2.78 bits per heavy atom. The molecule has 7 nitrogen and oxygen atoms in total. The molecule has 0 radical (unpaired) electrons. The molecule has 102 valence electrons. The van der Waals surface area contributed by atoms with Gasteiger partial charge in [-0.15, -0.1) is 0 Å². The van der Waals surface area contributed by atoms with Gasteiger partial charge in [-0.1, -0.05) is 0 Å². The van der Waals surface area contributed by atoms with Crippen molar-refractivity contribution in [2.24, 2.45) is 0 Å². The molecule has 0 aromatic heterocycles. The van der Waals surface area contributed by atoms with Crippen LogP contribution in [0.15, 0.2) is 0 Å². The molecule has 0 aromatic carbocycles. The van der Waals surface area contributed by atoms with E-state index in [4.69, 9.17) is 4.74 Å². The lowest BCUT2D eigenvalue weighted by Crippen LogP contribution is -2.43. The molecule has 1 atom stereocenters. The molecule has 0 saturated carbocycles. The number of ether oxygens (including phenoxy) is 1. The number of methoxy groups -OCH3 is 1. The first-order chi connectivity index (χ1) is 8.56. The molecule has 2 N–H and O–H groups in total. The lowest BCUT2D eigenvalue weighted by atomic mass is 10.2. The van der Waals surface area contributed by atoms with Gasteiger partial charge in [0, 0.05) is 27.3 Å². The Morgan fingerprint density at radius 2 is 2.22 bits per heavy atom. The summed E-state index contributed by atoms with van der Waals surface area (Å²) >= 11 is 0. The summed E-state index contributed by atoms with van der Waals surface area (Å²) in [6.07, 6.45) is 0.859. The van der Waals surface area contributed by atoms with Gasteiger partial charge in [0.25, 0.3) is 0 Å². The number of carbonyl (C=O) groups excluding carboxylic acids is 3. The second kappa shape index (κ2) is 7.07. The fourth-order valence-corrected chi connectivity index (χ4v) is 1.64. The van der Waals surface area contributed by atoms with Crippen LogP contribution in [0.25, 0.3) is 0 Å². The van der Waals surface area contributed by atoms with Crippen LogP contribution in [0.4, 0.5) is 0 Å². The molecule has 7 heteroatoms. The molecule has 0 bridgehead atoms. The third-order valence-electron chi connectivity index (χ3n) is 2.74. The number of imide groups is 1. The number of hydrogen-bond donors (Lipinski definition) is 2. The van der Waals surface area contributed by atoms with Gasteiger partial charge >= 0.3 is 0 Å². The third kappa shape index (κ3) is 4.08. The quantitative estimate of drug-likeness (QED) is 0.427. The van der Waals surface area contributed by atoms with Crippen LogP contribution >= 0.6 is 0 Å². The number of nitrogens with zero attached hydrogens (tertiary/aromatic N) is 1. The van der Waals surface area contributed by atoms with Crippen LogP contribution in [0.1, 0.15) is 12.8 Å². The molecule has 0 spiro atoms. The van der Waals surface area contributed by atoms with Gasteiger partial charge in [0.2, 0.25) is 17.7 Å². The molecule has 1 aliphatic rings. The molecule has 1 aliphatic heterocycles. The number of rotatable bonds is 7. The summed E-state index contributed by atoms with van der Waals surface area (Å²) in [4.78, 5) is 35.2. The van der Waals surface area contributed by atoms with Crippen molar-refractivity contribution in [1.29, 1.82) is 0 Å². The minimum atomic E-state index is -0.577. The molecule has 1 unspecified atom stereocenters. The van der Waals surface area contributed by atoms with E-state index in [-0.39, 0.29) is 30.7 Å². The van der Waals surface area contributed by atoms with E-state index < -0.39 is 6.04 Å². The van der Waals surface area contributed by atoms with Crippen molar-refractivity contribution in [1.82, 2.24) is 15.5 Å². The standard InChI is InChI=1S/C11H19N3O4/c1-14-10(16)6-8(11(14)17)13-7-9(15)12-4-3-5-18-2/h8,13H,3-7H2,1-2H3,(H,12,15). The van der Waals surface area contributed by atoms with Crippen LogP contribution in [-0.4, -0.2) is 62.5 Å². The minimum absolute atomic E-state index is 0.0323. The molecule has 1 heterocycles. The number of nitrogens with one attached hydrogen (secondary N) is 2. The molecular weight excluding hydrogens is 238 g/mol. The first-order valence-electron chi connectivity index (χ1n) is 5.85. The van der Waals surface area contributed by atoms with Gasteiger partial charge in [-0.2, -0.15) is 0 Å². The fourth-order valence-electron chi connectivity index (χ4n) is 1.64. The summed E-state index contributed by atoms with van der Waals surface area (Å²) in [5.74, 6) is -0.703. The van der Waals surface area contributed by atoms with Gasteiger partial charge in [-0.05, 0) is 6.42 Å².